The van der Waals surface area contributed by atoms with E-state index in [1.54, 1.807) is 0 Å². The molecule has 5 nitrogen and oxygen atoms in total. The number of rotatable bonds is 3. The van der Waals surface area contributed by atoms with E-state index >= 15 is 0 Å². The first-order chi connectivity index (χ1) is 7.81. The number of aliphatic carboxylic acids is 1. The molecule has 0 saturated carbocycles. The van der Waals surface area contributed by atoms with Gasteiger partial charge < -0.3 is 15.3 Å². The Bertz CT molecular complexity index is 302. The van der Waals surface area contributed by atoms with Gasteiger partial charge >= 0.3 is 12.0 Å². The zero-order valence-electron chi connectivity index (χ0n) is 10.5. The molecule has 2 amide bonds. The smallest absolute Gasteiger partial charge is 0.327 e. The van der Waals surface area contributed by atoms with Crippen molar-refractivity contribution in [2.24, 2.45) is 5.41 Å². The average Bonchev–Trinajstić information content (AvgIpc) is 2.63. The van der Waals surface area contributed by atoms with Gasteiger partial charge in [-0.05, 0) is 11.8 Å². The molecule has 1 saturated heterocycles. The monoisotopic (exact) mass is 260 g/mol. The lowest BCUT2D eigenvalue weighted by Crippen LogP contribution is -2.47. The first kappa shape index (κ1) is 14.2. The minimum atomic E-state index is -0.930. The van der Waals surface area contributed by atoms with Crippen LogP contribution in [-0.2, 0) is 4.79 Å². The molecule has 0 bridgehead atoms. The van der Waals surface area contributed by atoms with Crippen LogP contribution in [0.25, 0.3) is 0 Å². The standard InChI is InChI=1S/C11H20N2O3S/c1-11(2,3)4-5-12-10(16)13-7-17-6-8(13)9(14)15/h8H,4-7H2,1-3H3,(H,12,16)(H,14,15)/t8-/m0/s1. The van der Waals surface area contributed by atoms with Crippen molar-refractivity contribution in [1.82, 2.24) is 10.2 Å². The van der Waals surface area contributed by atoms with E-state index in [0.717, 1.165) is 6.42 Å². The van der Waals surface area contributed by atoms with Crippen LogP contribution in [-0.4, -0.2) is 46.2 Å². The average molecular weight is 260 g/mol. The first-order valence-electron chi connectivity index (χ1n) is 5.66. The highest BCUT2D eigenvalue weighted by Gasteiger charge is 2.34. The molecule has 1 aliphatic rings. The maximum Gasteiger partial charge on any atom is 0.327 e. The first-order valence-corrected chi connectivity index (χ1v) is 6.82. The number of amides is 2. The Labute approximate surface area is 106 Å². The maximum atomic E-state index is 11.8. The van der Waals surface area contributed by atoms with Gasteiger partial charge in [0.15, 0.2) is 0 Å². The molecular formula is C11H20N2O3S. The number of nitrogens with zero attached hydrogens (tertiary/aromatic N) is 1. The topological polar surface area (TPSA) is 69.6 Å². The molecule has 6 heteroatoms. The molecule has 0 aromatic heterocycles. The molecule has 2 N–H and O–H groups in total. The van der Waals surface area contributed by atoms with Gasteiger partial charge in [0, 0.05) is 12.3 Å². The van der Waals surface area contributed by atoms with Crippen LogP contribution in [0.3, 0.4) is 0 Å². The highest BCUT2D eigenvalue weighted by molar-refractivity contribution is 7.99. The number of carboxylic acids is 1. The lowest BCUT2D eigenvalue weighted by atomic mass is 9.92. The molecule has 0 unspecified atom stereocenters. The van der Waals surface area contributed by atoms with Crippen LogP contribution in [0.15, 0.2) is 0 Å². The van der Waals surface area contributed by atoms with Crippen molar-refractivity contribution >= 4 is 23.8 Å². The van der Waals surface area contributed by atoms with Crippen LogP contribution >= 0.6 is 11.8 Å². The molecule has 1 rings (SSSR count). The van der Waals surface area contributed by atoms with E-state index < -0.39 is 12.0 Å². The Balaban J connectivity index is 2.40. The normalized spacial score (nSPS) is 20.4. The lowest BCUT2D eigenvalue weighted by molar-refractivity contribution is -0.140. The summed E-state index contributed by atoms with van der Waals surface area (Å²) >= 11 is 1.47. The molecule has 0 aliphatic carbocycles. The summed E-state index contributed by atoms with van der Waals surface area (Å²) < 4.78 is 0. The Morgan fingerprint density at radius 2 is 2.12 bits per heavy atom. The SMILES string of the molecule is CC(C)(C)CCNC(=O)N1CSC[C@H]1C(=O)O. The highest BCUT2D eigenvalue weighted by Crippen LogP contribution is 2.21. The Morgan fingerprint density at radius 1 is 1.47 bits per heavy atom. The molecule has 1 fully saturated rings. The second kappa shape index (κ2) is 5.62. The van der Waals surface area contributed by atoms with Crippen molar-refractivity contribution in [3.63, 3.8) is 0 Å². The van der Waals surface area contributed by atoms with Crippen molar-refractivity contribution in [3.8, 4) is 0 Å². The summed E-state index contributed by atoms with van der Waals surface area (Å²) in [7, 11) is 0. The fraction of sp³-hybridized carbons (Fsp3) is 0.818. The summed E-state index contributed by atoms with van der Waals surface area (Å²) in [6.45, 7) is 6.89. The molecule has 0 spiro atoms. The zero-order chi connectivity index (χ0) is 13.1. The van der Waals surface area contributed by atoms with E-state index in [2.05, 4.69) is 26.1 Å². The van der Waals surface area contributed by atoms with Crippen LogP contribution in [0.5, 0.6) is 0 Å². The summed E-state index contributed by atoms with van der Waals surface area (Å²) in [4.78, 5) is 24.1. The summed E-state index contributed by atoms with van der Waals surface area (Å²) in [5, 5.41) is 11.7. The highest BCUT2D eigenvalue weighted by atomic mass is 32.2. The second-order valence-electron chi connectivity index (χ2n) is 5.37. The predicted molar refractivity (Wildman–Crippen MR) is 68.1 cm³/mol. The van der Waals surface area contributed by atoms with Gasteiger partial charge in [0.25, 0.3) is 0 Å². The minimum absolute atomic E-state index is 0.166. The van der Waals surface area contributed by atoms with Crippen molar-refractivity contribution in [3.05, 3.63) is 0 Å². The fourth-order valence-electron chi connectivity index (χ4n) is 1.49. The number of carboxylic acid groups (broad SMARTS) is 1. The predicted octanol–water partition coefficient (Wildman–Crippen LogP) is 1.59. The molecule has 0 radical (unpaired) electrons. The van der Waals surface area contributed by atoms with Gasteiger partial charge in [-0.15, -0.1) is 11.8 Å². The summed E-state index contributed by atoms with van der Waals surface area (Å²) in [6, 6.07) is -0.957. The van der Waals surface area contributed by atoms with Gasteiger partial charge in [0.1, 0.15) is 6.04 Å². The van der Waals surface area contributed by atoms with Crippen molar-refractivity contribution in [2.45, 2.75) is 33.2 Å². The van der Waals surface area contributed by atoms with Gasteiger partial charge in [0.05, 0.1) is 5.88 Å². The van der Waals surface area contributed by atoms with E-state index in [1.807, 2.05) is 0 Å². The van der Waals surface area contributed by atoms with Crippen molar-refractivity contribution in [1.29, 1.82) is 0 Å². The molecule has 17 heavy (non-hydrogen) atoms. The number of urea groups is 1. The molecule has 98 valence electrons. The largest absolute Gasteiger partial charge is 0.480 e. The second-order valence-corrected chi connectivity index (χ2v) is 6.37. The van der Waals surface area contributed by atoms with Crippen LogP contribution in [0.1, 0.15) is 27.2 Å². The van der Waals surface area contributed by atoms with Crippen molar-refractivity contribution < 1.29 is 14.7 Å². The number of carbonyl (C=O) groups excluding carboxylic acids is 1. The van der Waals surface area contributed by atoms with Crippen LogP contribution in [0, 0.1) is 5.41 Å². The lowest BCUT2D eigenvalue weighted by Gasteiger charge is -2.23. The Kier molecular flexibility index (Phi) is 4.68. The molecular weight excluding hydrogens is 240 g/mol. The van der Waals surface area contributed by atoms with Crippen LogP contribution in [0.2, 0.25) is 0 Å². The summed E-state index contributed by atoms with van der Waals surface area (Å²) in [5.74, 6) is 0.00124. The number of hydrogen-bond donors (Lipinski definition) is 2. The Hall–Kier alpha value is -0.910. The Morgan fingerprint density at radius 3 is 2.65 bits per heavy atom. The number of carbonyl (C=O) groups is 2. The fourth-order valence-corrected chi connectivity index (χ4v) is 2.64. The van der Waals surface area contributed by atoms with Gasteiger partial charge in [-0.2, -0.15) is 0 Å². The van der Waals surface area contributed by atoms with E-state index in [1.165, 1.54) is 16.7 Å². The quantitative estimate of drug-likeness (QED) is 0.808. The third-order valence-electron chi connectivity index (χ3n) is 2.58. The molecule has 1 atom stereocenters. The van der Waals surface area contributed by atoms with Gasteiger partial charge in [0.2, 0.25) is 0 Å². The number of hydrogen-bond acceptors (Lipinski definition) is 3. The van der Waals surface area contributed by atoms with E-state index in [-0.39, 0.29) is 11.4 Å². The van der Waals surface area contributed by atoms with Crippen LogP contribution < -0.4 is 5.32 Å². The number of nitrogens with one attached hydrogen (secondary N) is 1. The zero-order valence-corrected chi connectivity index (χ0v) is 11.3. The third kappa shape index (κ3) is 4.46. The van der Waals surface area contributed by atoms with E-state index in [9.17, 15) is 9.59 Å². The van der Waals surface area contributed by atoms with Gasteiger partial charge in [-0.3, -0.25) is 0 Å². The molecule has 1 heterocycles. The van der Waals surface area contributed by atoms with Gasteiger partial charge in [-0.25, -0.2) is 9.59 Å². The minimum Gasteiger partial charge on any atom is -0.480 e. The van der Waals surface area contributed by atoms with Crippen molar-refractivity contribution in [2.75, 3.05) is 18.2 Å². The summed E-state index contributed by atoms with van der Waals surface area (Å²) in [5.41, 5.74) is 0.166. The molecule has 1 aliphatic heterocycles. The molecule has 0 aromatic carbocycles. The number of thioether (sulfide) groups is 1. The summed E-state index contributed by atoms with van der Waals surface area (Å²) in [6.07, 6.45) is 0.872. The van der Waals surface area contributed by atoms with E-state index in [0.29, 0.717) is 18.2 Å². The maximum absolute atomic E-state index is 11.8. The third-order valence-corrected chi connectivity index (χ3v) is 3.59. The molecule has 0 aromatic rings. The van der Waals surface area contributed by atoms with Gasteiger partial charge in [-0.1, -0.05) is 20.8 Å². The van der Waals surface area contributed by atoms with E-state index in [4.69, 9.17) is 5.11 Å². The van der Waals surface area contributed by atoms with Crippen LogP contribution in [0.4, 0.5) is 4.79 Å².